The Kier molecular flexibility index (Phi) is 8.35. The summed E-state index contributed by atoms with van der Waals surface area (Å²) in [6, 6.07) is 76.3. The van der Waals surface area contributed by atoms with Crippen molar-refractivity contribution in [1.29, 1.82) is 0 Å². The maximum atomic E-state index is 14.9. The second-order valence-electron chi connectivity index (χ2n) is 15.5. The van der Waals surface area contributed by atoms with Crippen molar-refractivity contribution in [3.05, 3.63) is 269 Å². The molecule has 1 aliphatic rings. The lowest BCUT2D eigenvalue weighted by atomic mass is 9.63. The van der Waals surface area contributed by atoms with E-state index in [9.17, 15) is 9.59 Å². The minimum Gasteiger partial charge on any atom is -0.309 e. The molecule has 1 aromatic heterocycles. The van der Waals surface area contributed by atoms with Crippen LogP contribution in [0, 0.1) is 0 Å². The van der Waals surface area contributed by atoms with E-state index >= 15 is 0 Å². The fourth-order valence-electron chi connectivity index (χ4n) is 9.47. The van der Waals surface area contributed by atoms with Gasteiger partial charge in [0.2, 0.25) is 0 Å². The second kappa shape index (κ2) is 14.2. The number of benzene rings is 9. The Balaban J connectivity index is 1.16. The third-order valence-electron chi connectivity index (χ3n) is 12.3. The van der Waals surface area contributed by atoms with Crippen molar-refractivity contribution >= 4 is 33.4 Å². The predicted molar refractivity (Wildman–Crippen MR) is 243 cm³/mol. The number of rotatable bonds is 8. The molecule has 3 nitrogen and oxygen atoms in total. The zero-order valence-corrected chi connectivity index (χ0v) is 32.6. The van der Waals surface area contributed by atoms with Crippen molar-refractivity contribution in [3.63, 3.8) is 0 Å². The van der Waals surface area contributed by atoms with Crippen LogP contribution in [0.5, 0.6) is 0 Å². The average Bonchev–Trinajstić information content (AvgIpc) is 3.66. The van der Waals surface area contributed by atoms with Crippen LogP contribution in [0.15, 0.2) is 224 Å². The number of nitrogens with zero attached hydrogens (tertiary/aromatic N) is 1. The second-order valence-corrected chi connectivity index (χ2v) is 15.5. The van der Waals surface area contributed by atoms with Crippen molar-refractivity contribution in [2.75, 3.05) is 0 Å². The lowest BCUT2D eigenvalue weighted by Crippen LogP contribution is -2.35. The van der Waals surface area contributed by atoms with E-state index in [0.29, 0.717) is 22.3 Å². The zero-order valence-electron chi connectivity index (χ0n) is 32.6. The van der Waals surface area contributed by atoms with Gasteiger partial charge in [0.1, 0.15) is 0 Å². The van der Waals surface area contributed by atoms with Crippen molar-refractivity contribution in [2.24, 2.45) is 0 Å². The fourth-order valence-corrected chi connectivity index (χ4v) is 9.47. The summed E-state index contributed by atoms with van der Waals surface area (Å²) in [6.07, 6.45) is 0. The Bertz CT molecular complexity index is 3200. The molecule has 0 saturated heterocycles. The van der Waals surface area contributed by atoms with Crippen LogP contribution in [-0.4, -0.2) is 16.1 Å². The van der Waals surface area contributed by atoms with Gasteiger partial charge in [-0.3, -0.25) is 9.59 Å². The molecule has 0 atom stereocenters. The molecule has 0 N–H and O–H groups in total. The summed E-state index contributed by atoms with van der Waals surface area (Å²) in [5.74, 6) is -0.116. The van der Waals surface area contributed by atoms with Gasteiger partial charge in [-0.1, -0.05) is 188 Å². The van der Waals surface area contributed by atoms with Gasteiger partial charge >= 0.3 is 0 Å². The van der Waals surface area contributed by atoms with Crippen LogP contribution < -0.4 is 0 Å². The molecule has 0 saturated carbocycles. The lowest BCUT2D eigenvalue weighted by molar-refractivity contribution is 0.103. The average molecular weight is 768 g/mol. The third kappa shape index (κ3) is 5.51. The van der Waals surface area contributed by atoms with Crippen molar-refractivity contribution in [3.8, 4) is 27.9 Å². The highest BCUT2D eigenvalue weighted by atomic mass is 16.1. The van der Waals surface area contributed by atoms with Gasteiger partial charge in [0.15, 0.2) is 11.6 Å². The van der Waals surface area contributed by atoms with Gasteiger partial charge in [-0.2, -0.15) is 0 Å². The van der Waals surface area contributed by atoms with E-state index in [1.54, 1.807) is 0 Å². The summed E-state index contributed by atoms with van der Waals surface area (Å²) in [7, 11) is 0. The molecule has 282 valence electrons. The molecule has 0 fully saturated rings. The topological polar surface area (TPSA) is 39.1 Å². The number of para-hydroxylation sites is 1. The van der Waals surface area contributed by atoms with Crippen LogP contribution in [0.4, 0.5) is 0 Å². The number of fused-ring (bicyclic) bond motifs is 5. The van der Waals surface area contributed by atoms with Crippen LogP contribution >= 0.6 is 0 Å². The van der Waals surface area contributed by atoms with E-state index in [-0.39, 0.29) is 11.6 Å². The highest BCUT2D eigenvalue weighted by molar-refractivity contribution is 6.19. The first-order valence-electron chi connectivity index (χ1n) is 20.3. The summed E-state index contributed by atoms with van der Waals surface area (Å²) in [5.41, 5.74) is 13.3. The van der Waals surface area contributed by atoms with Crippen LogP contribution in [0.1, 0.15) is 54.1 Å². The Morgan fingerprint density at radius 1 is 0.350 bits per heavy atom. The van der Waals surface area contributed by atoms with Gasteiger partial charge in [-0.05, 0) is 80.9 Å². The maximum Gasteiger partial charge on any atom is 0.193 e. The molecule has 10 aromatic rings. The molecule has 0 aliphatic carbocycles. The standard InChI is InChI=1S/C57H37NO2/c59-55(42-29-25-40(26-30-42)38-15-5-1-6-16-38)44-33-34-52-48(35-44)49-36-45(56(60)43-31-27-41(28-32-43)39-17-7-2-8-18-39)37-51-54(49)58(52)53-24-14-13-23-50(53)57(51,46-19-9-3-10-20-46)47-21-11-4-12-22-47/h1-37H. The first kappa shape index (κ1) is 35.3. The van der Waals surface area contributed by atoms with Crippen molar-refractivity contribution < 1.29 is 9.59 Å². The highest BCUT2D eigenvalue weighted by Crippen LogP contribution is 2.54. The number of carbonyl (C=O) groups excluding carboxylic acids is 2. The minimum atomic E-state index is -0.769. The molecule has 0 amide bonds. The SMILES string of the molecule is O=C(c1ccc(-c2ccccc2)cc1)c1ccc2c(c1)c1cc(C(=O)c3ccc(-c4ccccc4)cc3)cc3c1n2-c1ccccc1C3(c1ccccc1)c1ccccc1. The Hall–Kier alpha value is -7.88. The molecule has 0 spiro atoms. The summed E-state index contributed by atoms with van der Waals surface area (Å²) in [5, 5.41) is 1.84. The van der Waals surface area contributed by atoms with E-state index in [1.165, 1.54) is 0 Å². The smallest absolute Gasteiger partial charge is 0.193 e. The monoisotopic (exact) mass is 767 g/mol. The Morgan fingerprint density at radius 2 is 0.783 bits per heavy atom. The molecule has 2 heterocycles. The van der Waals surface area contributed by atoms with E-state index in [4.69, 9.17) is 0 Å². The number of hydrogen-bond donors (Lipinski definition) is 0. The Labute approximate surface area is 348 Å². The molecule has 3 heteroatoms. The number of hydrogen-bond acceptors (Lipinski definition) is 2. The minimum absolute atomic E-state index is 0.0541. The van der Waals surface area contributed by atoms with Gasteiger partial charge in [0.25, 0.3) is 0 Å². The molecule has 60 heavy (non-hydrogen) atoms. The van der Waals surface area contributed by atoms with Crippen LogP contribution in [0.3, 0.4) is 0 Å². The highest BCUT2D eigenvalue weighted by Gasteiger charge is 2.45. The normalized spacial score (nSPS) is 12.6. The Morgan fingerprint density at radius 3 is 1.33 bits per heavy atom. The summed E-state index contributed by atoms with van der Waals surface area (Å²) >= 11 is 0. The van der Waals surface area contributed by atoms with Gasteiger partial charge < -0.3 is 4.57 Å². The predicted octanol–water partition coefficient (Wildman–Crippen LogP) is 13.3. The molecule has 0 radical (unpaired) electrons. The molecule has 0 unspecified atom stereocenters. The first-order valence-corrected chi connectivity index (χ1v) is 20.3. The first-order chi connectivity index (χ1) is 29.6. The van der Waals surface area contributed by atoms with E-state index in [1.807, 2.05) is 103 Å². The maximum absolute atomic E-state index is 14.9. The fraction of sp³-hybridized carbons (Fsp3) is 0.0175. The molecule has 0 bridgehead atoms. The molecule has 11 rings (SSSR count). The van der Waals surface area contributed by atoms with Crippen LogP contribution in [-0.2, 0) is 5.41 Å². The van der Waals surface area contributed by atoms with Gasteiger partial charge in [0, 0.05) is 33.0 Å². The van der Waals surface area contributed by atoms with Crippen LogP contribution in [0.2, 0.25) is 0 Å². The molecular formula is C57H37NO2. The van der Waals surface area contributed by atoms with Crippen molar-refractivity contribution in [2.45, 2.75) is 5.41 Å². The van der Waals surface area contributed by atoms with E-state index < -0.39 is 5.41 Å². The van der Waals surface area contributed by atoms with E-state index in [2.05, 4.69) is 126 Å². The van der Waals surface area contributed by atoms with E-state index in [0.717, 1.165) is 72.0 Å². The zero-order chi connectivity index (χ0) is 40.2. The molecular weight excluding hydrogens is 731 g/mol. The quantitative estimate of drug-likeness (QED) is 0.144. The number of carbonyl (C=O) groups is 2. The van der Waals surface area contributed by atoms with Crippen LogP contribution in [0.25, 0.3) is 49.7 Å². The summed E-state index contributed by atoms with van der Waals surface area (Å²) in [4.78, 5) is 29.3. The van der Waals surface area contributed by atoms with Gasteiger partial charge in [-0.25, -0.2) is 0 Å². The molecule has 9 aromatic carbocycles. The number of ketones is 2. The van der Waals surface area contributed by atoms with Crippen molar-refractivity contribution in [1.82, 2.24) is 4.57 Å². The van der Waals surface area contributed by atoms with Gasteiger partial charge in [0.05, 0.1) is 22.1 Å². The van der Waals surface area contributed by atoms with Gasteiger partial charge in [-0.15, -0.1) is 0 Å². The lowest BCUT2D eigenvalue weighted by Gasteiger charge is -2.42. The molecule has 1 aliphatic heterocycles. The largest absolute Gasteiger partial charge is 0.309 e. The summed E-state index contributed by atoms with van der Waals surface area (Å²) in [6.45, 7) is 0. The third-order valence-corrected chi connectivity index (χ3v) is 12.3. The summed E-state index contributed by atoms with van der Waals surface area (Å²) < 4.78 is 2.34. The number of aromatic nitrogens is 1.